The first kappa shape index (κ1) is 15.5. The molecule has 0 saturated carbocycles. The number of carbonyl (C=O) groups excluding carboxylic acids is 1. The number of carbonyl (C=O) groups is 2. The second kappa shape index (κ2) is 6.71. The maximum absolute atomic E-state index is 11.5. The summed E-state index contributed by atoms with van der Waals surface area (Å²) >= 11 is 0. The third kappa shape index (κ3) is 3.41. The van der Waals surface area contributed by atoms with Gasteiger partial charge < -0.3 is 14.6 Å². The van der Waals surface area contributed by atoms with Crippen LogP contribution in [-0.2, 0) is 9.53 Å². The lowest BCUT2D eigenvalue weighted by Crippen LogP contribution is -2.10. The number of pyridine rings is 1. The zero-order chi connectivity index (χ0) is 16.1. The van der Waals surface area contributed by atoms with Crippen LogP contribution in [0.25, 0.3) is 0 Å². The molecule has 0 aliphatic heterocycles. The molecule has 1 unspecified atom stereocenters. The molecule has 2 rings (SSSR count). The monoisotopic (exact) mass is 301 g/mol. The third-order valence-corrected chi connectivity index (χ3v) is 3.15. The highest BCUT2D eigenvalue weighted by Gasteiger charge is 2.16. The van der Waals surface area contributed by atoms with Crippen molar-refractivity contribution in [1.29, 1.82) is 0 Å². The fraction of sp³-hybridized carbons (Fsp3) is 0.188. The number of rotatable bonds is 5. The van der Waals surface area contributed by atoms with Crippen molar-refractivity contribution in [1.82, 2.24) is 4.98 Å². The molecule has 1 aromatic heterocycles. The van der Waals surface area contributed by atoms with Crippen molar-refractivity contribution in [3.63, 3.8) is 0 Å². The van der Waals surface area contributed by atoms with E-state index in [-0.39, 0.29) is 23.3 Å². The Morgan fingerprint density at radius 3 is 2.45 bits per heavy atom. The summed E-state index contributed by atoms with van der Waals surface area (Å²) in [6.07, 6.45) is 1.45. The Kier molecular flexibility index (Phi) is 4.73. The normalized spacial score (nSPS) is 11.5. The van der Waals surface area contributed by atoms with E-state index in [1.54, 1.807) is 31.2 Å². The number of carboxylic acid groups (broad SMARTS) is 1. The number of aromatic nitrogens is 1. The van der Waals surface area contributed by atoms with E-state index in [0.717, 1.165) is 5.56 Å². The fourth-order valence-corrected chi connectivity index (χ4v) is 1.88. The molecular formula is C16H15NO5. The molecule has 0 bridgehead atoms. The molecule has 1 atom stereocenters. The van der Waals surface area contributed by atoms with Crippen LogP contribution in [0.3, 0.4) is 0 Å². The predicted molar refractivity (Wildman–Crippen MR) is 78.1 cm³/mol. The molecule has 1 aromatic carbocycles. The Morgan fingerprint density at radius 1 is 1.18 bits per heavy atom. The van der Waals surface area contributed by atoms with Gasteiger partial charge in [-0.1, -0.05) is 12.1 Å². The molecule has 0 aliphatic rings. The van der Waals surface area contributed by atoms with Gasteiger partial charge in [-0.15, -0.1) is 0 Å². The SMILES string of the molecule is COC(=O)C(C)c1ccc(Oc2ncccc2C(=O)O)cc1. The quantitative estimate of drug-likeness (QED) is 0.855. The molecule has 1 heterocycles. The fourth-order valence-electron chi connectivity index (χ4n) is 1.88. The van der Waals surface area contributed by atoms with Gasteiger partial charge in [0.25, 0.3) is 0 Å². The molecule has 114 valence electrons. The molecule has 22 heavy (non-hydrogen) atoms. The van der Waals surface area contributed by atoms with Crippen molar-refractivity contribution in [3.05, 3.63) is 53.7 Å². The molecule has 1 N–H and O–H groups in total. The summed E-state index contributed by atoms with van der Waals surface area (Å²) in [5, 5.41) is 9.08. The summed E-state index contributed by atoms with van der Waals surface area (Å²) in [4.78, 5) is 26.5. The minimum Gasteiger partial charge on any atom is -0.477 e. The number of carboxylic acids is 1. The van der Waals surface area contributed by atoms with Gasteiger partial charge in [-0.2, -0.15) is 0 Å². The standard InChI is InChI=1S/C16H15NO5/c1-10(16(20)21-2)11-5-7-12(8-6-11)22-14-13(15(18)19)4-3-9-17-14/h3-10H,1-2H3,(H,18,19). The largest absolute Gasteiger partial charge is 0.477 e. The highest BCUT2D eigenvalue weighted by molar-refractivity contribution is 5.90. The number of methoxy groups -OCH3 is 1. The summed E-state index contributed by atoms with van der Waals surface area (Å²) in [6, 6.07) is 9.68. The molecule has 0 amide bonds. The van der Waals surface area contributed by atoms with Gasteiger partial charge in [-0.05, 0) is 36.8 Å². The molecule has 0 saturated heterocycles. The Balaban J connectivity index is 2.19. The zero-order valence-electron chi connectivity index (χ0n) is 12.1. The summed E-state index contributed by atoms with van der Waals surface area (Å²) in [6.45, 7) is 1.74. The molecular weight excluding hydrogens is 286 g/mol. The Morgan fingerprint density at radius 2 is 1.86 bits per heavy atom. The van der Waals surface area contributed by atoms with Gasteiger partial charge in [0.15, 0.2) is 0 Å². The zero-order valence-corrected chi connectivity index (χ0v) is 12.1. The van der Waals surface area contributed by atoms with Crippen LogP contribution >= 0.6 is 0 Å². The first-order chi connectivity index (χ1) is 10.5. The van der Waals surface area contributed by atoms with Crippen LogP contribution in [0, 0.1) is 0 Å². The number of esters is 1. The second-order valence-electron chi connectivity index (χ2n) is 4.58. The highest BCUT2D eigenvalue weighted by atomic mass is 16.5. The van der Waals surface area contributed by atoms with Crippen LogP contribution in [0.4, 0.5) is 0 Å². The lowest BCUT2D eigenvalue weighted by atomic mass is 10.0. The number of aromatic carboxylic acids is 1. The van der Waals surface area contributed by atoms with Crippen molar-refractivity contribution in [2.75, 3.05) is 7.11 Å². The number of nitrogens with zero attached hydrogens (tertiary/aromatic N) is 1. The van der Waals surface area contributed by atoms with E-state index in [2.05, 4.69) is 9.72 Å². The summed E-state index contributed by atoms with van der Waals surface area (Å²) in [7, 11) is 1.34. The van der Waals surface area contributed by atoms with Crippen LogP contribution in [0.15, 0.2) is 42.6 Å². The van der Waals surface area contributed by atoms with E-state index in [4.69, 9.17) is 9.84 Å². The van der Waals surface area contributed by atoms with E-state index >= 15 is 0 Å². The number of hydrogen-bond acceptors (Lipinski definition) is 5. The topological polar surface area (TPSA) is 85.7 Å². The van der Waals surface area contributed by atoms with Gasteiger partial charge in [0, 0.05) is 6.20 Å². The van der Waals surface area contributed by atoms with E-state index in [1.165, 1.54) is 25.4 Å². The molecule has 2 aromatic rings. The first-order valence-corrected chi connectivity index (χ1v) is 6.57. The average molecular weight is 301 g/mol. The maximum atomic E-state index is 11.5. The number of ether oxygens (including phenoxy) is 2. The Labute approximate surface area is 127 Å². The number of hydrogen-bond donors (Lipinski definition) is 1. The van der Waals surface area contributed by atoms with Crippen LogP contribution in [0.2, 0.25) is 0 Å². The predicted octanol–water partition coefficient (Wildman–Crippen LogP) is 2.85. The van der Waals surface area contributed by atoms with Crippen molar-refractivity contribution in [2.45, 2.75) is 12.8 Å². The maximum Gasteiger partial charge on any atom is 0.341 e. The summed E-state index contributed by atoms with van der Waals surface area (Å²) in [5.41, 5.74) is 0.758. The molecule has 0 aliphatic carbocycles. The van der Waals surface area contributed by atoms with Crippen LogP contribution in [0.5, 0.6) is 11.6 Å². The Bertz CT molecular complexity index is 681. The van der Waals surface area contributed by atoms with E-state index < -0.39 is 5.97 Å². The van der Waals surface area contributed by atoms with E-state index in [9.17, 15) is 9.59 Å². The van der Waals surface area contributed by atoms with Crippen molar-refractivity contribution < 1.29 is 24.2 Å². The third-order valence-electron chi connectivity index (χ3n) is 3.15. The van der Waals surface area contributed by atoms with Gasteiger partial charge in [-0.25, -0.2) is 9.78 Å². The molecule has 0 spiro atoms. The van der Waals surface area contributed by atoms with Crippen molar-refractivity contribution >= 4 is 11.9 Å². The van der Waals surface area contributed by atoms with Gasteiger partial charge in [-0.3, -0.25) is 4.79 Å². The highest BCUT2D eigenvalue weighted by Crippen LogP contribution is 2.25. The number of benzene rings is 1. The molecule has 0 fully saturated rings. The minimum atomic E-state index is -1.11. The lowest BCUT2D eigenvalue weighted by Gasteiger charge is -2.11. The van der Waals surface area contributed by atoms with Gasteiger partial charge in [0.1, 0.15) is 11.3 Å². The van der Waals surface area contributed by atoms with Crippen LogP contribution < -0.4 is 4.74 Å². The van der Waals surface area contributed by atoms with Gasteiger partial charge in [0.2, 0.25) is 5.88 Å². The molecule has 6 heteroatoms. The van der Waals surface area contributed by atoms with E-state index in [0.29, 0.717) is 5.75 Å². The Hall–Kier alpha value is -2.89. The second-order valence-corrected chi connectivity index (χ2v) is 4.58. The summed E-state index contributed by atoms with van der Waals surface area (Å²) < 4.78 is 10.2. The van der Waals surface area contributed by atoms with Crippen molar-refractivity contribution in [3.8, 4) is 11.6 Å². The minimum absolute atomic E-state index is 0.0174. The van der Waals surface area contributed by atoms with Gasteiger partial charge in [0.05, 0.1) is 13.0 Å². The molecule has 6 nitrogen and oxygen atoms in total. The van der Waals surface area contributed by atoms with E-state index in [1.807, 2.05) is 0 Å². The van der Waals surface area contributed by atoms with Crippen LogP contribution in [0.1, 0.15) is 28.8 Å². The average Bonchev–Trinajstić information content (AvgIpc) is 2.54. The lowest BCUT2D eigenvalue weighted by molar-refractivity contribution is -0.142. The van der Waals surface area contributed by atoms with Crippen molar-refractivity contribution in [2.24, 2.45) is 0 Å². The smallest absolute Gasteiger partial charge is 0.341 e. The molecule has 0 radical (unpaired) electrons. The van der Waals surface area contributed by atoms with Crippen LogP contribution in [-0.4, -0.2) is 29.1 Å². The summed E-state index contributed by atoms with van der Waals surface area (Å²) in [5.74, 6) is -1.38. The van der Waals surface area contributed by atoms with Gasteiger partial charge >= 0.3 is 11.9 Å². The first-order valence-electron chi connectivity index (χ1n) is 6.57.